The molecule has 2 heterocycles. The maximum atomic E-state index is 12.7. The van der Waals surface area contributed by atoms with Crippen LogP contribution in [0.5, 0.6) is 0 Å². The third-order valence-electron chi connectivity index (χ3n) is 5.14. The van der Waals surface area contributed by atoms with Crippen LogP contribution in [0.25, 0.3) is 11.4 Å². The van der Waals surface area contributed by atoms with Crippen molar-refractivity contribution < 1.29 is 13.2 Å². The Balaban J connectivity index is 1.37. The number of nitrogens with zero attached hydrogens (tertiary/aromatic N) is 5. The minimum Gasteiger partial charge on any atom is -0.324 e. The van der Waals surface area contributed by atoms with Crippen LogP contribution in [0.3, 0.4) is 0 Å². The Morgan fingerprint density at radius 1 is 1.00 bits per heavy atom. The average Bonchev–Trinajstić information content (AvgIpc) is 3.23. The quantitative estimate of drug-likeness (QED) is 0.630. The molecule has 9 nitrogen and oxygen atoms in total. The lowest BCUT2D eigenvalue weighted by molar-refractivity contribution is -0.117. The highest BCUT2D eigenvalue weighted by molar-refractivity contribution is 7.89. The van der Waals surface area contributed by atoms with E-state index in [1.807, 2.05) is 31.2 Å². The van der Waals surface area contributed by atoms with Crippen LogP contribution in [0.2, 0.25) is 0 Å². The van der Waals surface area contributed by atoms with E-state index in [1.54, 1.807) is 12.1 Å². The summed E-state index contributed by atoms with van der Waals surface area (Å²) in [4.78, 5) is 13.8. The van der Waals surface area contributed by atoms with Crippen LogP contribution >= 0.6 is 0 Å². The number of anilines is 1. The topological polar surface area (TPSA) is 110 Å². The molecule has 0 saturated carbocycles. The Kier molecular flexibility index (Phi) is 6.10. The summed E-state index contributed by atoms with van der Waals surface area (Å²) in [7, 11) is -3.49. The molecule has 0 spiro atoms. The van der Waals surface area contributed by atoms with E-state index in [4.69, 9.17) is 0 Å². The normalized spacial score (nSPS) is 15.0. The monoisotopic (exact) mass is 440 g/mol. The number of nitrogens with one attached hydrogen (secondary N) is 1. The first-order valence-corrected chi connectivity index (χ1v) is 11.6. The van der Waals surface area contributed by atoms with E-state index >= 15 is 0 Å². The molecule has 0 atom stereocenters. The highest BCUT2D eigenvalue weighted by Gasteiger charge is 2.25. The molecular weight excluding hydrogens is 416 g/mol. The van der Waals surface area contributed by atoms with Crippen molar-refractivity contribution in [1.29, 1.82) is 0 Å². The molecule has 31 heavy (non-hydrogen) atoms. The summed E-state index contributed by atoms with van der Waals surface area (Å²) < 4.78 is 26.9. The first-order chi connectivity index (χ1) is 14.9. The van der Waals surface area contributed by atoms with E-state index in [0.717, 1.165) is 30.4 Å². The minimum absolute atomic E-state index is 0.104. The van der Waals surface area contributed by atoms with Gasteiger partial charge in [-0.15, -0.1) is 10.2 Å². The molecule has 162 valence electrons. The van der Waals surface area contributed by atoms with Crippen LogP contribution in [0.15, 0.2) is 53.4 Å². The number of carbonyl (C=O) groups excluding carboxylic acids is 1. The first-order valence-electron chi connectivity index (χ1n) is 10.2. The van der Waals surface area contributed by atoms with E-state index in [1.165, 1.54) is 21.2 Å². The molecule has 2 aromatic carbocycles. The lowest BCUT2D eigenvalue weighted by Crippen LogP contribution is -2.35. The summed E-state index contributed by atoms with van der Waals surface area (Å²) in [5.41, 5.74) is 2.45. The smallest absolute Gasteiger partial charge is 0.248 e. The van der Waals surface area contributed by atoms with E-state index in [-0.39, 0.29) is 17.3 Å². The molecule has 1 amide bonds. The predicted molar refractivity (Wildman–Crippen MR) is 116 cm³/mol. The molecular formula is C21H24N6O3S. The Bertz CT molecular complexity index is 1150. The maximum absolute atomic E-state index is 12.7. The van der Waals surface area contributed by atoms with Gasteiger partial charge in [0, 0.05) is 24.3 Å². The number of aromatic nitrogens is 4. The van der Waals surface area contributed by atoms with Crippen LogP contribution in [0.4, 0.5) is 5.69 Å². The zero-order chi connectivity index (χ0) is 21.8. The fourth-order valence-electron chi connectivity index (χ4n) is 3.42. The van der Waals surface area contributed by atoms with E-state index in [2.05, 4.69) is 20.7 Å². The highest BCUT2D eigenvalue weighted by Crippen LogP contribution is 2.22. The average molecular weight is 441 g/mol. The molecule has 3 aromatic rings. The molecule has 1 aliphatic heterocycles. The third-order valence-corrected chi connectivity index (χ3v) is 7.05. The predicted octanol–water partition coefficient (Wildman–Crippen LogP) is 2.46. The Labute approximate surface area is 181 Å². The van der Waals surface area contributed by atoms with Crippen molar-refractivity contribution in [1.82, 2.24) is 24.5 Å². The van der Waals surface area contributed by atoms with Crippen molar-refractivity contribution in [3.63, 3.8) is 0 Å². The second-order valence-electron chi connectivity index (χ2n) is 7.55. The van der Waals surface area contributed by atoms with Gasteiger partial charge in [-0.2, -0.15) is 9.10 Å². The van der Waals surface area contributed by atoms with Gasteiger partial charge in [-0.1, -0.05) is 36.2 Å². The van der Waals surface area contributed by atoms with Gasteiger partial charge in [-0.05, 0) is 49.2 Å². The molecule has 0 radical (unpaired) electrons. The van der Waals surface area contributed by atoms with Crippen molar-refractivity contribution in [3.05, 3.63) is 54.1 Å². The van der Waals surface area contributed by atoms with Crippen LogP contribution in [-0.4, -0.2) is 51.9 Å². The maximum Gasteiger partial charge on any atom is 0.248 e. The SMILES string of the molecule is Cc1ccc(-c2nnn(CC(=O)Nc3ccc(S(=O)(=O)N4CCCCC4)cc3)n2)cc1. The van der Waals surface area contributed by atoms with E-state index in [0.29, 0.717) is 24.6 Å². The van der Waals surface area contributed by atoms with Gasteiger partial charge in [0.1, 0.15) is 6.54 Å². The van der Waals surface area contributed by atoms with E-state index < -0.39 is 10.0 Å². The summed E-state index contributed by atoms with van der Waals surface area (Å²) in [6.45, 7) is 2.99. The largest absolute Gasteiger partial charge is 0.324 e. The zero-order valence-corrected chi connectivity index (χ0v) is 18.0. The van der Waals surface area contributed by atoms with Gasteiger partial charge in [0.2, 0.25) is 21.8 Å². The lowest BCUT2D eigenvalue weighted by Gasteiger charge is -2.25. The molecule has 4 rings (SSSR count). The van der Waals surface area contributed by atoms with Crippen molar-refractivity contribution in [2.24, 2.45) is 0 Å². The highest BCUT2D eigenvalue weighted by atomic mass is 32.2. The van der Waals surface area contributed by atoms with Gasteiger partial charge in [-0.3, -0.25) is 4.79 Å². The number of rotatable bonds is 6. The molecule has 10 heteroatoms. The molecule has 0 bridgehead atoms. The number of hydrogen-bond acceptors (Lipinski definition) is 6. The number of benzene rings is 2. The van der Waals surface area contributed by atoms with Gasteiger partial charge in [-0.25, -0.2) is 8.42 Å². The third kappa shape index (κ3) is 4.97. The van der Waals surface area contributed by atoms with E-state index in [9.17, 15) is 13.2 Å². The van der Waals surface area contributed by atoms with Crippen LogP contribution in [0, 0.1) is 6.92 Å². The fourth-order valence-corrected chi connectivity index (χ4v) is 4.94. The number of sulfonamides is 1. The van der Waals surface area contributed by atoms with Crippen molar-refractivity contribution in [2.75, 3.05) is 18.4 Å². The Morgan fingerprint density at radius 3 is 2.35 bits per heavy atom. The number of hydrogen-bond donors (Lipinski definition) is 1. The molecule has 1 saturated heterocycles. The Morgan fingerprint density at radius 2 is 1.68 bits per heavy atom. The lowest BCUT2D eigenvalue weighted by atomic mass is 10.1. The first kappa shape index (κ1) is 21.1. The number of aryl methyl sites for hydroxylation is 1. The summed E-state index contributed by atoms with van der Waals surface area (Å²) in [5, 5.41) is 14.9. The van der Waals surface area contributed by atoms with Crippen molar-refractivity contribution in [3.8, 4) is 11.4 Å². The summed E-state index contributed by atoms with van der Waals surface area (Å²) in [5.74, 6) is 0.111. The second kappa shape index (κ2) is 8.94. The molecule has 1 aromatic heterocycles. The van der Waals surface area contributed by atoms with Gasteiger partial charge >= 0.3 is 0 Å². The van der Waals surface area contributed by atoms with Crippen molar-refractivity contribution in [2.45, 2.75) is 37.6 Å². The van der Waals surface area contributed by atoms with Gasteiger partial charge in [0.25, 0.3) is 0 Å². The number of piperidine rings is 1. The molecule has 0 unspecified atom stereocenters. The number of tetrazole rings is 1. The van der Waals surface area contributed by atoms with Gasteiger partial charge < -0.3 is 5.32 Å². The summed E-state index contributed by atoms with van der Waals surface area (Å²) in [6, 6.07) is 13.9. The molecule has 1 N–H and O–H groups in total. The fraction of sp³-hybridized carbons (Fsp3) is 0.333. The van der Waals surface area contributed by atoms with Crippen molar-refractivity contribution >= 4 is 21.6 Å². The van der Waals surface area contributed by atoms with Crippen LogP contribution in [0.1, 0.15) is 24.8 Å². The van der Waals surface area contributed by atoms with Crippen LogP contribution < -0.4 is 5.32 Å². The molecule has 1 aliphatic rings. The second-order valence-corrected chi connectivity index (χ2v) is 9.48. The Hall–Kier alpha value is -3.11. The summed E-state index contributed by atoms with van der Waals surface area (Å²) in [6.07, 6.45) is 2.83. The van der Waals surface area contributed by atoms with Gasteiger partial charge in [0.15, 0.2) is 0 Å². The standard InChI is InChI=1S/C21H24N6O3S/c1-16-5-7-17(8-6-16)21-23-25-27(24-21)15-20(28)22-18-9-11-19(12-10-18)31(29,30)26-13-3-2-4-14-26/h5-12H,2-4,13-15H2,1H3,(H,22,28). The number of amides is 1. The molecule has 1 fully saturated rings. The number of carbonyl (C=O) groups is 1. The zero-order valence-electron chi connectivity index (χ0n) is 17.2. The minimum atomic E-state index is -3.49. The van der Waals surface area contributed by atoms with Crippen LogP contribution in [-0.2, 0) is 21.4 Å². The molecule has 0 aliphatic carbocycles. The van der Waals surface area contributed by atoms with Gasteiger partial charge in [0.05, 0.1) is 4.90 Å². The summed E-state index contributed by atoms with van der Waals surface area (Å²) >= 11 is 0.